The molecule has 0 aromatic carbocycles. The summed E-state index contributed by atoms with van der Waals surface area (Å²) in [7, 11) is 2.60. The van der Waals surface area contributed by atoms with Crippen LogP contribution in [0.1, 0.15) is 20.7 Å². The van der Waals surface area contributed by atoms with Gasteiger partial charge in [0.05, 0.1) is 48.1 Å². The van der Waals surface area contributed by atoms with E-state index in [1.165, 1.54) is 26.5 Å². The van der Waals surface area contributed by atoms with Gasteiger partial charge in [0, 0.05) is 16.9 Å². The predicted molar refractivity (Wildman–Crippen MR) is 101 cm³/mol. The van der Waals surface area contributed by atoms with Gasteiger partial charge in [0.2, 0.25) is 0 Å². The zero-order valence-corrected chi connectivity index (χ0v) is 16.1. The van der Waals surface area contributed by atoms with Crippen LogP contribution in [-0.4, -0.2) is 41.1 Å². The summed E-state index contributed by atoms with van der Waals surface area (Å²) in [5.74, 6) is -1.00. The second-order valence-electron chi connectivity index (χ2n) is 5.40. The number of esters is 2. The molecule has 0 spiro atoms. The largest absolute Gasteiger partial charge is 0.465 e. The number of hydrogen-bond acceptors (Lipinski definition) is 7. The van der Waals surface area contributed by atoms with E-state index in [0.717, 1.165) is 4.47 Å². The first kappa shape index (κ1) is 18.7. The molecular formula is C19H14BrN3O4. The molecule has 3 heterocycles. The number of carbonyl (C=O) groups excluding carboxylic acids is 2. The monoisotopic (exact) mass is 427 g/mol. The lowest BCUT2D eigenvalue weighted by molar-refractivity contribution is 0.0591. The highest BCUT2D eigenvalue weighted by Gasteiger charge is 2.15. The second-order valence-corrected chi connectivity index (χ2v) is 6.32. The molecule has 0 fully saturated rings. The molecular weight excluding hydrogens is 414 g/mol. The van der Waals surface area contributed by atoms with Gasteiger partial charge in [-0.15, -0.1) is 0 Å². The Morgan fingerprint density at radius 1 is 0.815 bits per heavy atom. The third kappa shape index (κ3) is 4.17. The van der Waals surface area contributed by atoms with Crippen LogP contribution in [0.25, 0.3) is 22.8 Å². The van der Waals surface area contributed by atoms with Crippen molar-refractivity contribution in [2.45, 2.75) is 0 Å². The first-order valence-electron chi connectivity index (χ1n) is 7.79. The Balaban J connectivity index is 2.15. The van der Waals surface area contributed by atoms with Gasteiger partial charge in [-0.05, 0) is 52.3 Å². The number of rotatable bonds is 4. The average Bonchev–Trinajstić information content (AvgIpc) is 2.72. The third-order valence-electron chi connectivity index (χ3n) is 3.68. The molecule has 0 aliphatic heterocycles. The molecule has 0 aliphatic rings. The molecule has 27 heavy (non-hydrogen) atoms. The molecule has 0 saturated carbocycles. The van der Waals surface area contributed by atoms with Crippen molar-refractivity contribution in [2.24, 2.45) is 0 Å². The highest BCUT2D eigenvalue weighted by molar-refractivity contribution is 9.10. The van der Waals surface area contributed by atoms with Gasteiger partial charge >= 0.3 is 11.9 Å². The van der Waals surface area contributed by atoms with Crippen LogP contribution < -0.4 is 0 Å². The van der Waals surface area contributed by atoms with Crippen molar-refractivity contribution in [3.05, 3.63) is 64.4 Å². The normalized spacial score (nSPS) is 10.3. The van der Waals surface area contributed by atoms with Crippen LogP contribution >= 0.6 is 15.9 Å². The van der Waals surface area contributed by atoms with Crippen molar-refractivity contribution in [2.75, 3.05) is 14.2 Å². The van der Waals surface area contributed by atoms with Crippen LogP contribution in [0.15, 0.2) is 53.3 Å². The van der Waals surface area contributed by atoms with Crippen molar-refractivity contribution in [1.29, 1.82) is 0 Å². The number of halogens is 1. The highest BCUT2D eigenvalue weighted by Crippen LogP contribution is 2.24. The molecule has 0 radical (unpaired) electrons. The summed E-state index contributed by atoms with van der Waals surface area (Å²) in [5, 5.41) is 0. The van der Waals surface area contributed by atoms with Crippen molar-refractivity contribution in [1.82, 2.24) is 15.0 Å². The van der Waals surface area contributed by atoms with E-state index >= 15 is 0 Å². The van der Waals surface area contributed by atoms with Crippen molar-refractivity contribution >= 4 is 27.9 Å². The molecule has 136 valence electrons. The number of hydrogen-bond donors (Lipinski definition) is 0. The Bertz CT molecular complexity index is 1010. The van der Waals surface area contributed by atoms with Gasteiger partial charge in [-0.1, -0.05) is 0 Å². The molecule has 7 nitrogen and oxygen atoms in total. The average molecular weight is 428 g/mol. The van der Waals surface area contributed by atoms with E-state index in [9.17, 15) is 9.59 Å². The van der Waals surface area contributed by atoms with E-state index in [2.05, 4.69) is 30.9 Å². The Morgan fingerprint density at radius 3 is 2.07 bits per heavy atom. The van der Waals surface area contributed by atoms with Gasteiger partial charge < -0.3 is 9.47 Å². The lowest BCUT2D eigenvalue weighted by Crippen LogP contribution is -2.05. The summed E-state index contributed by atoms with van der Waals surface area (Å²) in [6.07, 6.45) is 3.11. The SMILES string of the molecule is COC(=O)c1ccnc(-c2cc(C(=O)OC)cc(-c3ccc(Br)cn3)n2)c1. The quantitative estimate of drug-likeness (QED) is 0.587. The first-order valence-corrected chi connectivity index (χ1v) is 8.58. The molecule has 0 N–H and O–H groups in total. The summed E-state index contributed by atoms with van der Waals surface area (Å²) in [4.78, 5) is 37.0. The van der Waals surface area contributed by atoms with Gasteiger partial charge in [0.15, 0.2) is 0 Å². The predicted octanol–water partition coefficient (Wildman–Crippen LogP) is 3.54. The maximum Gasteiger partial charge on any atom is 0.338 e. The molecule has 0 unspecified atom stereocenters. The van der Waals surface area contributed by atoms with Gasteiger partial charge in [-0.2, -0.15) is 0 Å². The van der Waals surface area contributed by atoms with E-state index in [1.807, 2.05) is 6.07 Å². The van der Waals surface area contributed by atoms with E-state index in [1.54, 1.807) is 30.5 Å². The number of carbonyl (C=O) groups is 2. The van der Waals surface area contributed by atoms with E-state index < -0.39 is 11.9 Å². The van der Waals surface area contributed by atoms with E-state index in [-0.39, 0.29) is 0 Å². The molecule has 3 aromatic heterocycles. The van der Waals surface area contributed by atoms with Crippen LogP contribution in [0, 0.1) is 0 Å². The fourth-order valence-electron chi connectivity index (χ4n) is 2.37. The lowest BCUT2D eigenvalue weighted by atomic mass is 10.1. The van der Waals surface area contributed by atoms with Gasteiger partial charge in [-0.3, -0.25) is 9.97 Å². The summed E-state index contributed by atoms with van der Waals surface area (Å²) >= 11 is 3.34. The number of nitrogens with zero attached hydrogens (tertiary/aromatic N) is 3. The van der Waals surface area contributed by atoms with Crippen molar-refractivity contribution in [3.8, 4) is 22.8 Å². The smallest absolute Gasteiger partial charge is 0.338 e. The minimum atomic E-state index is -0.513. The second kappa shape index (κ2) is 8.05. The maximum absolute atomic E-state index is 12.1. The van der Waals surface area contributed by atoms with Crippen molar-refractivity contribution in [3.63, 3.8) is 0 Å². The summed E-state index contributed by atoms with van der Waals surface area (Å²) in [6.45, 7) is 0. The molecule has 0 amide bonds. The minimum Gasteiger partial charge on any atom is -0.465 e. The number of aromatic nitrogens is 3. The molecule has 8 heteroatoms. The zero-order chi connectivity index (χ0) is 19.4. The standard InChI is InChI=1S/C19H14BrN3O4/c1-26-18(24)11-5-6-21-15(7-11)17-9-12(19(25)27-2)8-16(23-17)14-4-3-13(20)10-22-14/h3-10H,1-2H3. The molecule has 0 aliphatic carbocycles. The summed E-state index contributed by atoms with van der Waals surface area (Å²) in [5.41, 5.74) is 2.51. The van der Waals surface area contributed by atoms with Gasteiger partial charge in [0.1, 0.15) is 0 Å². The van der Waals surface area contributed by atoms with Crippen molar-refractivity contribution < 1.29 is 19.1 Å². The topological polar surface area (TPSA) is 91.3 Å². The van der Waals surface area contributed by atoms with Crippen LogP contribution in [0.4, 0.5) is 0 Å². The number of pyridine rings is 3. The fourth-order valence-corrected chi connectivity index (χ4v) is 2.61. The number of ether oxygens (including phenoxy) is 2. The van der Waals surface area contributed by atoms with Crippen LogP contribution in [0.3, 0.4) is 0 Å². The summed E-state index contributed by atoms with van der Waals surface area (Å²) < 4.78 is 10.4. The Morgan fingerprint density at radius 2 is 1.44 bits per heavy atom. The van der Waals surface area contributed by atoms with Gasteiger partial charge in [-0.25, -0.2) is 14.6 Å². The van der Waals surface area contributed by atoms with Gasteiger partial charge in [0.25, 0.3) is 0 Å². The van der Waals surface area contributed by atoms with Crippen LogP contribution in [-0.2, 0) is 9.47 Å². The first-order chi connectivity index (χ1) is 13.0. The Hall–Kier alpha value is -3.13. The lowest BCUT2D eigenvalue weighted by Gasteiger charge is -2.08. The molecule has 0 atom stereocenters. The number of methoxy groups -OCH3 is 2. The third-order valence-corrected chi connectivity index (χ3v) is 4.15. The zero-order valence-electron chi connectivity index (χ0n) is 14.5. The fraction of sp³-hybridized carbons (Fsp3) is 0.105. The molecule has 0 bridgehead atoms. The Kier molecular flexibility index (Phi) is 5.56. The molecule has 0 saturated heterocycles. The molecule has 3 rings (SSSR count). The molecule has 3 aromatic rings. The van der Waals surface area contributed by atoms with Crippen LogP contribution in [0.5, 0.6) is 0 Å². The minimum absolute atomic E-state index is 0.299. The maximum atomic E-state index is 12.1. The van der Waals surface area contributed by atoms with E-state index in [4.69, 9.17) is 9.47 Å². The summed E-state index contributed by atoms with van der Waals surface area (Å²) in [6, 6.07) is 9.83. The van der Waals surface area contributed by atoms with E-state index in [0.29, 0.717) is 33.9 Å². The van der Waals surface area contributed by atoms with Crippen LogP contribution in [0.2, 0.25) is 0 Å². The Labute approximate surface area is 163 Å². The highest BCUT2D eigenvalue weighted by atomic mass is 79.9.